The second kappa shape index (κ2) is 4.45. The first-order valence-corrected chi connectivity index (χ1v) is 5.18. The summed E-state index contributed by atoms with van der Waals surface area (Å²) in [5, 5.41) is 10.4. The Labute approximate surface area is 98.1 Å². The van der Waals surface area contributed by atoms with Crippen molar-refractivity contribution in [3.63, 3.8) is 0 Å². The fourth-order valence-electron chi connectivity index (χ4n) is 1.52. The fraction of sp³-hybridized carbons (Fsp3) is 0.0833. The molecule has 0 aliphatic carbocycles. The third-order valence-electron chi connectivity index (χ3n) is 2.21. The molecule has 0 aromatic heterocycles. The number of hydrogen-bond acceptors (Lipinski definition) is 3. The first kappa shape index (κ1) is 10.8. The monoisotopic (exact) mass is 234 g/mol. The zero-order chi connectivity index (χ0) is 11.5. The van der Waals surface area contributed by atoms with Crippen molar-refractivity contribution < 1.29 is 14.6 Å². The third-order valence-corrected chi connectivity index (χ3v) is 2.60. The van der Waals surface area contributed by atoms with Crippen molar-refractivity contribution in [3.8, 4) is 5.75 Å². The van der Waals surface area contributed by atoms with Crippen molar-refractivity contribution in [2.75, 3.05) is 6.61 Å². The van der Waals surface area contributed by atoms with Crippen LogP contribution in [0.25, 0.3) is 10.8 Å². The number of hydrogen-bond donors (Lipinski definition) is 2. The molecule has 0 radical (unpaired) electrons. The summed E-state index contributed by atoms with van der Waals surface area (Å²) in [7, 11) is 0. The number of carbonyl (C=O) groups is 1. The number of ether oxygens (including phenoxy) is 1. The van der Waals surface area contributed by atoms with Crippen molar-refractivity contribution >= 4 is 29.4 Å². The van der Waals surface area contributed by atoms with Crippen molar-refractivity contribution in [3.05, 3.63) is 36.4 Å². The van der Waals surface area contributed by atoms with Crippen LogP contribution in [0.5, 0.6) is 5.75 Å². The van der Waals surface area contributed by atoms with Gasteiger partial charge in [0, 0.05) is 10.3 Å². The van der Waals surface area contributed by atoms with Crippen LogP contribution in [0.4, 0.5) is 0 Å². The number of rotatable bonds is 3. The molecule has 0 saturated carbocycles. The van der Waals surface area contributed by atoms with Crippen molar-refractivity contribution in [1.29, 1.82) is 0 Å². The lowest BCUT2D eigenvalue weighted by molar-refractivity contribution is -0.139. The molecule has 0 atom stereocenters. The lowest BCUT2D eigenvalue weighted by atomic mass is 10.1. The highest BCUT2D eigenvalue weighted by molar-refractivity contribution is 7.80. The predicted octanol–water partition coefficient (Wildman–Crippen LogP) is 2.59. The normalized spacial score (nSPS) is 10.3. The summed E-state index contributed by atoms with van der Waals surface area (Å²) in [6.45, 7) is -0.337. The van der Waals surface area contributed by atoms with Gasteiger partial charge in [0.2, 0.25) is 0 Å². The second-order valence-corrected chi connectivity index (χ2v) is 3.79. The zero-order valence-corrected chi connectivity index (χ0v) is 9.28. The van der Waals surface area contributed by atoms with Crippen LogP contribution in [0.1, 0.15) is 0 Å². The minimum Gasteiger partial charge on any atom is -0.481 e. The van der Waals surface area contributed by atoms with E-state index in [-0.39, 0.29) is 6.61 Å². The topological polar surface area (TPSA) is 46.5 Å². The number of thiol groups is 1. The van der Waals surface area contributed by atoms with Gasteiger partial charge in [-0.25, -0.2) is 4.79 Å². The number of carboxylic acid groups (broad SMARTS) is 1. The Morgan fingerprint density at radius 3 is 2.56 bits per heavy atom. The molecular formula is C12H10O3S. The molecule has 4 heteroatoms. The predicted molar refractivity (Wildman–Crippen MR) is 64.3 cm³/mol. The molecule has 0 aliphatic heterocycles. The number of benzene rings is 2. The van der Waals surface area contributed by atoms with Crippen LogP contribution >= 0.6 is 12.6 Å². The Balaban J connectivity index is 2.46. The van der Waals surface area contributed by atoms with Gasteiger partial charge in [0.15, 0.2) is 6.61 Å². The highest BCUT2D eigenvalue weighted by Crippen LogP contribution is 2.30. The van der Waals surface area contributed by atoms with Gasteiger partial charge in [-0.1, -0.05) is 24.3 Å². The number of aliphatic carboxylic acids is 1. The molecule has 1 N–H and O–H groups in total. The fourth-order valence-corrected chi connectivity index (χ4v) is 1.79. The Hall–Kier alpha value is -1.68. The first-order chi connectivity index (χ1) is 7.68. The molecule has 16 heavy (non-hydrogen) atoms. The zero-order valence-electron chi connectivity index (χ0n) is 8.38. The molecule has 3 nitrogen and oxygen atoms in total. The molecule has 0 bridgehead atoms. The number of carboxylic acids is 1. The average Bonchev–Trinajstić information content (AvgIpc) is 2.28. The molecule has 0 amide bonds. The van der Waals surface area contributed by atoms with Crippen molar-refractivity contribution in [1.82, 2.24) is 0 Å². The Morgan fingerprint density at radius 1 is 1.19 bits per heavy atom. The molecule has 0 unspecified atom stereocenters. The van der Waals surface area contributed by atoms with E-state index in [2.05, 4.69) is 12.6 Å². The van der Waals surface area contributed by atoms with Gasteiger partial charge in [-0.2, -0.15) is 0 Å². The van der Waals surface area contributed by atoms with Crippen LogP contribution in [0.15, 0.2) is 41.3 Å². The SMILES string of the molecule is O=C(O)COc1ccc(S)c2ccccc12. The van der Waals surface area contributed by atoms with Gasteiger partial charge in [0.1, 0.15) is 5.75 Å². The van der Waals surface area contributed by atoms with Crippen molar-refractivity contribution in [2.24, 2.45) is 0 Å². The van der Waals surface area contributed by atoms with Crippen LogP contribution in [0, 0.1) is 0 Å². The maximum absolute atomic E-state index is 10.4. The van der Waals surface area contributed by atoms with Crippen LogP contribution in [0.3, 0.4) is 0 Å². The summed E-state index contributed by atoms with van der Waals surface area (Å²) in [6, 6.07) is 11.1. The molecular weight excluding hydrogens is 224 g/mol. The molecule has 0 saturated heterocycles. The van der Waals surface area contributed by atoms with Gasteiger partial charge in [0.05, 0.1) is 0 Å². The Morgan fingerprint density at radius 2 is 1.88 bits per heavy atom. The maximum atomic E-state index is 10.4. The van der Waals surface area contributed by atoms with E-state index in [0.29, 0.717) is 5.75 Å². The molecule has 0 spiro atoms. The van der Waals surface area contributed by atoms with Gasteiger partial charge in [0.25, 0.3) is 0 Å². The highest BCUT2D eigenvalue weighted by atomic mass is 32.1. The van der Waals surface area contributed by atoms with Gasteiger partial charge < -0.3 is 9.84 Å². The summed E-state index contributed by atoms with van der Waals surface area (Å²) in [6.07, 6.45) is 0. The molecule has 2 aromatic carbocycles. The molecule has 2 rings (SSSR count). The van der Waals surface area contributed by atoms with E-state index in [4.69, 9.17) is 9.84 Å². The van der Waals surface area contributed by atoms with E-state index in [1.54, 1.807) is 12.1 Å². The van der Waals surface area contributed by atoms with Crippen LogP contribution in [-0.2, 0) is 4.79 Å². The van der Waals surface area contributed by atoms with E-state index in [0.717, 1.165) is 15.7 Å². The van der Waals surface area contributed by atoms with Crippen molar-refractivity contribution in [2.45, 2.75) is 4.90 Å². The summed E-state index contributed by atoms with van der Waals surface area (Å²) in [5.41, 5.74) is 0. The van der Waals surface area contributed by atoms with Gasteiger partial charge in [-0.15, -0.1) is 12.6 Å². The van der Waals surface area contributed by atoms with Gasteiger partial charge in [-0.05, 0) is 17.5 Å². The number of fused-ring (bicyclic) bond motifs is 1. The van der Waals surface area contributed by atoms with E-state index in [1.807, 2.05) is 24.3 Å². The summed E-state index contributed by atoms with van der Waals surface area (Å²) in [4.78, 5) is 11.3. The lowest BCUT2D eigenvalue weighted by Gasteiger charge is -2.08. The minimum atomic E-state index is -0.987. The molecule has 0 fully saturated rings. The van der Waals surface area contributed by atoms with E-state index >= 15 is 0 Å². The maximum Gasteiger partial charge on any atom is 0.341 e. The van der Waals surface area contributed by atoms with Gasteiger partial charge in [-0.3, -0.25) is 0 Å². The van der Waals surface area contributed by atoms with Gasteiger partial charge >= 0.3 is 5.97 Å². The molecule has 82 valence electrons. The molecule has 0 aliphatic rings. The Kier molecular flexibility index (Phi) is 3.01. The second-order valence-electron chi connectivity index (χ2n) is 3.31. The van der Waals surface area contributed by atoms with Crippen LogP contribution in [0.2, 0.25) is 0 Å². The lowest BCUT2D eigenvalue weighted by Crippen LogP contribution is -2.09. The minimum absolute atomic E-state index is 0.337. The largest absolute Gasteiger partial charge is 0.481 e. The smallest absolute Gasteiger partial charge is 0.341 e. The van der Waals surface area contributed by atoms with E-state index < -0.39 is 5.97 Å². The standard InChI is InChI=1S/C12H10O3S/c13-12(14)7-15-10-5-6-11(16)9-4-2-1-3-8(9)10/h1-6,16H,7H2,(H,13,14). The van der Waals surface area contributed by atoms with Crippen LogP contribution in [-0.4, -0.2) is 17.7 Å². The average molecular weight is 234 g/mol. The molecule has 0 heterocycles. The molecule has 2 aromatic rings. The Bertz CT molecular complexity index is 537. The summed E-state index contributed by atoms with van der Waals surface area (Å²) in [5.74, 6) is -0.421. The highest BCUT2D eigenvalue weighted by Gasteiger charge is 2.05. The van der Waals surface area contributed by atoms with E-state index in [9.17, 15) is 4.79 Å². The first-order valence-electron chi connectivity index (χ1n) is 4.74. The third kappa shape index (κ3) is 2.12. The van der Waals surface area contributed by atoms with Crippen LogP contribution < -0.4 is 4.74 Å². The quantitative estimate of drug-likeness (QED) is 0.802. The van der Waals surface area contributed by atoms with E-state index in [1.165, 1.54) is 0 Å². The summed E-state index contributed by atoms with van der Waals surface area (Å²) < 4.78 is 5.20. The summed E-state index contributed by atoms with van der Waals surface area (Å²) >= 11 is 4.33.